The van der Waals surface area contributed by atoms with Crippen molar-refractivity contribution in [3.63, 3.8) is 0 Å². The lowest BCUT2D eigenvalue weighted by molar-refractivity contribution is -0.137. The Kier molecular flexibility index (Phi) is 7.97. The largest absolute Gasteiger partial charge is 0.492 e. The zero-order valence-electron chi connectivity index (χ0n) is 15.2. The molecule has 2 rings (SSSR count). The van der Waals surface area contributed by atoms with Gasteiger partial charge in [-0.3, -0.25) is 9.67 Å². The van der Waals surface area contributed by atoms with E-state index >= 15 is 0 Å². The molecule has 0 aliphatic carbocycles. The van der Waals surface area contributed by atoms with Crippen LogP contribution in [0.1, 0.15) is 18.9 Å². The quantitative estimate of drug-likeness (QED) is 0.397. The summed E-state index contributed by atoms with van der Waals surface area (Å²) in [4.78, 5) is 4.47. The van der Waals surface area contributed by atoms with Gasteiger partial charge in [0, 0.05) is 32.0 Å². The van der Waals surface area contributed by atoms with Gasteiger partial charge in [-0.15, -0.1) is 0 Å². The first-order chi connectivity index (χ1) is 13.0. The number of halogens is 3. The average Bonchev–Trinajstić information content (AvgIpc) is 3.15. The van der Waals surface area contributed by atoms with Gasteiger partial charge >= 0.3 is 6.18 Å². The van der Waals surface area contributed by atoms with Gasteiger partial charge in [0.25, 0.3) is 0 Å². The van der Waals surface area contributed by atoms with Crippen LogP contribution in [0.5, 0.6) is 5.75 Å². The van der Waals surface area contributed by atoms with Crippen molar-refractivity contribution >= 4 is 5.96 Å². The van der Waals surface area contributed by atoms with Gasteiger partial charge in [0.15, 0.2) is 5.96 Å². The van der Waals surface area contributed by atoms with Crippen LogP contribution in [0.4, 0.5) is 13.2 Å². The van der Waals surface area contributed by atoms with E-state index < -0.39 is 11.7 Å². The number of hydrogen-bond donors (Lipinski definition) is 2. The average molecular weight is 383 g/mol. The number of aliphatic imine (C=N–C) groups is 1. The number of nitrogens with zero attached hydrogens (tertiary/aromatic N) is 3. The third-order valence-electron chi connectivity index (χ3n) is 3.56. The van der Waals surface area contributed by atoms with E-state index in [0.29, 0.717) is 31.4 Å². The molecule has 0 radical (unpaired) electrons. The normalized spacial score (nSPS) is 12.1. The highest BCUT2D eigenvalue weighted by Gasteiger charge is 2.29. The van der Waals surface area contributed by atoms with Crippen molar-refractivity contribution in [1.82, 2.24) is 20.4 Å². The van der Waals surface area contributed by atoms with Gasteiger partial charge in [-0.25, -0.2) is 0 Å². The van der Waals surface area contributed by atoms with E-state index in [-0.39, 0.29) is 0 Å². The number of rotatable bonds is 9. The molecular formula is C18H24F3N5O. The number of guanidine groups is 1. The Bertz CT molecular complexity index is 684. The van der Waals surface area contributed by atoms with E-state index in [9.17, 15) is 13.2 Å². The molecule has 0 amide bonds. The van der Waals surface area contributed by atoms with Gasteiger partial charge in [-0.1, -0.05) is 0 Å². The molecule has 0 spiro atoms. The van der Waals surface area contributed by atoms with Gasteiger partial charge in [-0.2, -0.15) is 18.3 Å². The highest BCUT2D eigenvalue weighted by Crippen LogP contribution is 2.30. The molecule has 27 heavy (non-hydrogen) atoms. The van der Waals surface area contributed by atoms with E-state index in [4.69, 9.17) is 4.74 Å². The van der Waals surface area contributed by atoms with Gasteiger partial charge < -0.3 is 15.4 Å². The first-order valence-electron chi connectivity index (χ1n) is 8.78. The van der Waals surface area contributed by atoms with Crippen LogP contribution in [-0.4, -0.2) is 42.0 Å². The van der Waals surface area contributed by atoms with Crippen LogP contribution in [0.25, 0.3) is 0 Å². The fraction of sp³-hybridized carbons (Fsp3) is 0.444. The molecule has 1 aromatic heterocycles. The second-order valence-corrected chi connectivity index (χ2v) is 5.68. The number of ether oxygens (including phenoxy) is 1. The third kappa shape index (κ3) is 7.59. The third-order valence-corrected chi connectivity index (χ3v) is 3.56. The summed E-state index contributed by atoms with van der Waals surface area (Å²) in [7, 11) is 0. The fourth-order valence-electron chi connectivity index (χ4n) is 2.28. The molecule has 0 fully saturated rings. The Morgan fingerprint density at radius 3 is 2.63 bits per heavy atom. The van der Waals surface area contributed by atoms with Crippen molar-refractivity contribution in [2.45, 2.75) is 26.1 Å². The van der Waals surface area contributed by atoms with Gasteiger partial charge in [-0.05, 0) is 43.7 Å². The number of aromatic nitrogens is 2. The van der Waals surface area contributed by atoms with E-state index in [2.05, 4.69) is 20.7 Å². The Labute approximate surface area is 156 Å². The molecule has 148 valence electrons. The number of nitrogens with one attached hydrogen (secondary N) is 2. The molecule has 6 nitrogen and oxygen atoms in total. The molecule has 1 aromatic carbocycles. The van der Waals surface area contributed by atoms with Crippen molar-refractivity contribution in [2.75, 3.05) is 26.2 Å². The van der Waals surface area contributed by atoms with E-state index in [0.717, 1.165) is 31.6 Å². The number of hydrogen-bond acceptors (Lipinski definition) is 3. The van der Waals surface area contributed by atoms with Crippen molar-refractivity contribution in [3.8, 4) is 5.75 Å². The van der Waals surface area contributed by atoms with Crippen LogP contribution >= 0.6 is 0 Å². The standard InChI is InChI=1S/C18H24F3N5O/c1-2-22-17(23-9-3-12-26-13-4-10-25-26)24-11-14-27-16-7-5-15(6-8-16)18(19,20)21/h4-8,10,13H,2-3,9,11-12,14H2,1H3,(H2,22,23,24). The van der Waals surface area contributed by atoms with Crippen LogP contribution in [-0.2, 0) is 12.7 Å². The van der Waals surface area contributed by atoms with E-state index in [1.165, 1.54) is 12.1 Å². The zero-order valence-corrected chi connectivity index (χ0v) is 15.2. The van der Waals surface area contributed by atoms with Crippen LogP contribution in [0.2, 0.25) is 0 Å². The molecule has 2 aromatic rings. The summed E-state index contributed by atoms with van der Waals surface area (Å²) in [6.45, 7) is 4.93. The van der Waals surface area contributed by atoms with Crippen LogP contribution < -0.4 is 15.4 Å². The van der Waals surface area contributed by atoms with Crippen LogP contribution in [0, 0.1) is 0 Å². The van der Waals surface area contributed by atoms with Gasteiger partial charge in [0.1, 0.15) is 12.4 Å². The summed E-state index contributed by atoms with van der Waals surface area (Å²) in [5.74, 6) is 1.07. The monoisotopic (exact) mass is 383 g/mol. The molecule has 9 heteroatoms. The van der Waals surface area contributed by atoms with Crippen molar-refractivity contribution in [3.05, 3.63) is 48.3 Å². The number of benzene rings is 1. The minimum absolute atomic E-state index is 0.309. The summed E-state index contributed by atoms with van der Waals surface area (Å²) in [6.07, 6.45) is 0.173. The second-order valence-electron chi connectivity index (χ2n) is 5.68. The summed E-state index contributed by atoms with van der Waals surface area (Å²) in [6, 6.07) is 6.53. The van der Waals surface area contributed by atoms with Crippen molar-refractivity contribution < 1.29 is 17.9 Å². The van der Waals surface area contributed by atoms with E-state index in [1.807, 2.05) is 23.9 Å². The predicted molar refractivity (Wildman–Crippen MR) is 97.8 cm³/mol. The maximum Gasteiger partial charge on any atom is 0.416 e. The highest BCUT2D eigenvalue weighted by molar-refractivity contribution is 5.79. The summed E-state index contributed by atoms with van der Waals surface area (Å²) in [5, 5.41) is 10.4. The smallest absolute Gasteiger partial charge is 0.416 e. The molecule has 1 heterocycles. The Morgan fingerprint density at radius 1 is 1.22 bits per heavy atom. The highest BCUT2D eigenvalue weighted by atomic mass is 19.4. The van der Waals surface area contributed by atoms with Crippen LogP contribution in [0.15, 0.2) is 47.7 Å². The maximum absolute atomic E-state index is 12.5. The minimum atomic E-state index is -4.34. The Hall–Kier alpha value is -2.71. The molecule has 0 bridgehead atoms. The van der Waals surface area contributed by atoms with Crippen molar-refractivity contribution in [1.29, 1.82) is 0 Å². The number of aryl methyl sites for hydroxylation is 1. The topological polar surface area (TPSA) is 63.5 Å². The lowest BCUT2D eigenvalue weighted by Gasteiger charge is -2.12. The number of alkyl halides is 3. The second kappa shape index (κ2) is 10.4. The molecule has 0 saturated heterocycles. The van der Waals surface area contributed by atoms with Gasteiger partial charge in [0.2, 0.25) is 0 Å². The molecule has 0 aliphatic heterocycles. The maximum atomic E-state index is 12.5. The predicted octanol–water partition coefficient (Wildman–Crippen LogP) is 2.93. The lowest BCUT2D eigenvalue weighted by Crippen LogP contribution is -2.39. The summed E-state index contributed by atoms with van der Waals surface area (Å²) >= 11 is 0. The zero-order chi connectivity index (χ0) is 19.5. The Morgan fingerprint density at radius 2 is 2.00 bits per heavy atom. The molecule has 0 unspecified atom stereocenters. The van der Waals surface area contributed by atoms with Crippen LogP contribution in [0.3, 0.4) is 0 Å². The fourth-order valence-corrected chi connectivity index (χ4v) is 2.28. The molecule has 0 aliphatic rings. The SMILES string of the molecule is CCNC(=NCCCn1cccn1)NCCOc1ccc(C(F)(F)F)cc1. The minimum Gasteiger partial charge on any atom is -0.492 e. The molecule has 2 N–H and O–H groups in total. The summed E-state index contributed by atoms with van der Waals surface area (Å²) in [5.41, 5.74) is -0.690. The van der Waals surface area contributed by atoms with Gasteiger partial charge in [0.05, 0.1) is 12.1 Å². The Balaban J connectivity index is 1.69. The lowest BCUT2D eigenvalue weighted by atomic mass is 10.2. The molecule has 0 saturated carbocycles. The first-order valence-corrected chi connectivity index (χ1v) is 8.78. The van der Waals surface area contributed by atoms with E-state index in [1.54, 1.807) is 6.20 Å². The first kappa shape index (κ1) is 20.6. The molecule has 0 atom stereocenters. The summed E-state index contributed by atoms with van der Waals surface area (Å²) < 4.78 is 44.9. The van der Waals surface area contributed by atoms with Crippen molar-refractivity contribution in [2.24, 2.45) is 4.99 Å². The molecular weight excluding hydrogens is 359 g/mol.